The molecule has 2 aromatic rings. The van der Waals surface area contributed by atoms with Crippen molar-refractivity contribution in [2.75, 3.05) is 10.7 Å². The Bertz CT molecular complexity index is 694. The maximum atomic E-state index is 11.8. The molecule has 112 valence electrons. The van der Waals surface area contributed by atoms with Crippen molar-refractivity contribution in [1.82, 2.24) is 0 Å². The summed E-state index contributed by atoms with van der Waals surface area (Å²) < 4.78 is 0. The molecule has 0 saturated heterocycles. The number of hydrogen-bond acceptors (Lipinski definition) is 4. The lowest BCUT2D eigenvalue weighted by Crippen LogP contribution is -2.27. The van der Waals surface area contributed by atoms with E-state index in [1.165, 1.54) is 6.92 Å². The first kappa shape index (κ1) is 15.9. The van der Waals surface area contributed by atoms with Gasteiger partial charge < -0.3 is 5.32 Å². The maximum absolute atomic E-state index is 11.8. The molecule has 0 amide bonds. The smallest absolute Gasteiger partial charge is 0.182 e. The number of Topliss-reactive ketones (excluding diaryl/α,β-unsaturated/α-hetero) is 1. The summed E-state index contributed by atoms with van der Waals surface area (Å²) in [4.78, 5) is 12.0. The van der Waals surface area contributed by atoms with Crippen LogP contribution in [0.3, 0.4) is 0 Å². The first-order valence-electron chi connectivity index (χ1n) is 6.84. The van der Waals surface area contributed by atoms with Crippen molar-refractivity contribution in [2.45, 2.75) is 13.8 Å². The number of anilines is 2. The molecule has 0 spiro atoms. The fourth-order valence-electron chi connectivity index (χ4n) is 1.75. The summed E-state index contributed by atoms with van der Waals surface area (Å²) in [5, 5.41) is 7.14. The average molecular weight is 311 g/mol. The van der Waals surface area contributed by atoms with E-state index in [9.17, 15) is 4.79 Å². The normalized spacial score (nSPS) is 10.9. The summed E-state index contributed by atoms with van der Waals surface area (Å²) in [6.45, 7) is 3.45. The van der Waals surface area contributed by atoms with Crippen molar-refractivity contribution < 1.29 is 4.79 Å². The lowest BCUT2D eigenvalue weighted by Gasteiger charge is -2.09. The van der Waals surface area contributed by atoms with Crippen LogP contribution in [0.2, 0.25) is 0 Å². The molecule has 0 atom stereocenters. The molecule has 0 aliphatic rings. The quantitative estimate of drug-likeness (QED) is 0.501. The summed E-state index contributed by atoms with van der Waals surface area (Å²) >= 11 is 5.27. The van der Waals surface area contributed by atoms with Gasteiger partial charge in [0.15, 0.2) is 11.5 Å². The number of ketones is 1. The monoisotopic (exact) mass is 311 g/mol. The fourth-order valence-corrected chi connectivity index (χ4v) is 2.06. The van der Waals surface area contributed by atoms with E-state index < -0.39 is 0 Å². The summed E-state index contributed by atoms with van der Waals surface area (Å²) in [7, 11) is 0. The lowest BCUT2D eigenvalue weighted by atomic mass is 10.2. The van der Waals surface area contributed by atoms with Crippen LogP contribution in [-0.4, -0.2) is 16.5 Å². The predicted molar refractivity (Wildman–Crippen MR) is 95.6 cm³/mol. The summed E-state index contributed by atoms with van der Waals surface area (Å²) in [5.41, 5.74) is 5.82. The number of carbonyl (C=O) groups is 1. The molecule has 2 aromatic carbocycles. The summed E-state index contributed by atoms with van der Waals surface area (Å²) in [5.74, 6) is -0.201. The zero-order chi connectivity index (χ0) is 15.9. The Morgan fingerprint density at radius 3 is 2.23 bits per heavy atom. The van der Waals surface area contributed by atoms with E-state index in [1.807, 2.05) is 61.5 Å². The fraction of sp³-hybridized carbons (Fsp3) is 0.118. The van der Waals surface area contributed by atoms with E-state index >= 15 is 0 Å². The van der Waals surface area contributed by atoms with Gasteiger partial charge >= 0.3 is 0 Å². The molecule has 0 aromatic heterocycles. The molecule has 0 bridgehead atoms. The van der Waals surface area contributed by atoms with Gasteiger partial charge in [0, 0.05) is 12.6 Å². The van der Waals surface area contributed by atoms with Crippen LogP contribution in [0.5, 0.6) is 0 Å². The Kier molecular flexibility index (Phi) is 5.38. The maximum Gasteiger partial charge on any atom is 0.182 e. The van der Waals surface area contributed by atoms with Gasteiger partial charge in [-0.1, -0.05) is 48.1 Å². The zero-order valence-electron chi connectivity index (χ0n) is 12.5. The number of rotatable bonds is 5. The lowest BCUT2D eigenvalue weighted by molar-refractivity contribution is -0.110. The predicted octanol–water partition coefficient (Wildman–Crippen LogP) is 3.79. The van der Waals surface area contributed by atoms with Crippen molar-refractivity contribution in [3.63, 3.8) is 0 Å². The largest absolute Gasteiger partial charge is 0.345 e. The second-order valence-electron chi connectivity index (χ2n) is 4.81. The highest BCUT2D eigenvalue weighted by atomic mass is 32.1. The van der Waals surface area contributed by atoms with Crippen LogP contribution in [0.25, 0.3) is 0 Å². The molecule has 2 rings (SSSR count). The third-order valence-electron chi connectivity index (χ3n) is 2.93. The van der Waals surface area contributed by atoms with Crippen molar-refractivity contribution in [3.8, 4) is 0 Å². The van der Waals surface area contributed by atoms with Crippen LogP contribution in [-0.2, 0) is 4.79 Å². The molecular weight excluding hydrogens is 294 g/mol. The van der Waals surface area contributed by atoms with Crippen LogP contribution in [0.15, 0.2) is 59.7 Å². The molecule has 0 saturated carbocycles. The Labute approximate surface area is 135 Å². The highest BCUT2D eigenvalue weighted by Gasteiger charge is 2.13. The minimum atomic E-state index is -0.201. The molecule has 22 heavy (non-hydrogen) atoms. The number of aryl methyl sites for hydroxylation is 1. The second-order valence-corrected chi connectivity index (χ2v) is 5.22. The van der Waals surface area contributed by atoms with Gasteiger partial charge in [-0.25, -0.2) is 0 Å². The Balaban J connectivity index is 2.11. The third-order valence-corrected chi connectivity index (χ3v) is 3.22. The molecular formula is C17H17N3OS. The molecule has 0 radical (unpaired) electrons. The van der Waals surface area contributed by atoms with Crippen molar-refractivity contribution >= 4 is 40.1 Å². The molecule has 4 nitrogen and oxygen atoms in total. The van der Waals surface area contributed by atoms with Gasteiger partial charge in [-0.05, 0) is 31.2 Å². The number of nitrogens with zero attached hydrogens (tertiary/aromatic N) is 1. The van der Waals surface area contributed by atoms with Gasteiger partial charge in [0.25, 0.3) is 0 Å². The minimum Gasteiger partial charge on any atom is -0.345 e. The number of thiocarbonyl (C=S) groups is 1. The molecule has 0 fully saturated rings. The highest BCUT2D eigenvalue weighted by Crippen LogP contribution is 2.09. The number of benzene rings is 2. The van der Waals surface area contributed by atoms with Crippen molar-refractivity contribution in [1.29, 1.82) is 0 Å². The first-order valence-corrected chi connectivity index (χ1v) is 7.25. The van der Waals surface area contributed by atoms with Gasteiger partial charge in [0.05, 0.1) is 5.69 Å². The number of nitrogens with one attached hydrogen (secondary N) is 2. The van der Waals surface area contributed by atoms with E-state index in [1.54, 1.807) is 0 Å². The molecule has 0 aliphatic heterocycles. The number of hydrogen-bond donors (Lipinski definition) is 2. The minimum absolute atomic E-state index is 0.194. The average Bonchev–Trinajstić information content (AvgIpc) is 2.50. The summed E-state index contributed by atoms with van der Waals surface area (Å²) in [6.07, 6.45) is 0. The van der Waals surface area contributed by atoms with E-state index in [0.29, 0.717) is 4.99 Å². The Hall–Kier alpha value is -2.53. The topological polar surface area (TPSA) is 53.5 Å². The number of para-hydroxylation sites is 1. The summed E-state index contributed by atoms with van der Waals surface area (Å²) in [6, 6.07) is 17.1. The van der Waals surface area contributed by atoms with Gasteiger partial charge in [-0.15, -0.1) is 0 Å². The van der Waals surface area contributed by atoms with Gasteiger partial charge in [-0.2, -0.15) is 5.10 Å². The number of carbonyl (C=O) groups excluding carboxylic acids is 1. The standard InChI is InChI=1S/C17H17N3OS/c1-12-8-10-15(11-9-12)19-20-16(13(2)21)17(22)18-14-6-4-3-5-7-14/h3-11,19H,1-2H3,(H,18,22)/b20-16-. The molecule has 5 heteroatoms. The number of hydrazone groups is 1. The Morgan fingerprint density at radius 1 is 1.00 bits per heavy atom. The van der Waals surface area contributed by atoms with Crippen LogP contribution in [0, 0.1) is 6.92 Å². The van der Waals surface area contributed by atoms with Crippen LogP contribution in [0.1, 0.15) is 12.5 Å². The van der Waals surface area contributed by atoms with E-state index in [0.717, 1.165) is 16.9 Å². The molecule has 2 N–H and O–H groups in total. The van der Waals surface area contributed by atoms with Crippen molar-refractivity contribution in [3.05, 3.63) is 60.2 Å². The highest BCUT2D eigenvalue weighted by molar-refractivity contribution is 7.82. The van der Waals surface area contributed by atoms with E-state index in [-0.39, 0.29) is 11.5 Å². The molecule has 0 aliphatic carbocycles. The Morgan fingerprint density at radius 2 is 1.64 bits per heavy atom. The third kappa shape index (κ3) is 4.49. The second kappa shape index (κ2) is 7.47. The van der Waals surface area contributed by atoms with Gasteiger partial charge in [-0.3, -0.25) is 10.2 Å². The van der Waals surface area contributed by atoms with Crippen LogP contribution < -0.4 is 10.7 Å². The van der Waals surface area contributed by atoms with Gasteiger partial charge in [0.2, 0.25) is 0 Å². The van der Waals surface area contributed by atoms with Crippen LogP contribution >= 0.6 is 12.2 Å². The van der Waals surface area contributed by atoms with Crippen LogP contribution in [0.4, 0.5) is 11.4 Å². The SMILES string of the molecule is CC(=O)/C(=N/Nc1ccc(C)cc1)C(=S)Nc1ccccc1. The van der Waals surface area contributed by atoms with E-state index in [4.69, 9.17) is 12.2 Å². The van der Waals surface area contributed by atoms with E-state index in [2.05, 4.69) is 15.8 Å². The zero-order valence-corrected chi connectivity index (χ0v) is 13.3. The first-order chi connectivity index (χ1) is 10.6. The van der Waals surface area contributed by atoms with Crippen molar-refractivity contribution in [2.24, 2.45) is 5.10 Å². The van der Waals surface area contributed by atoms with Gasteiger partial charge in [0.1, 0.15) is 4.99 Å². The molecule has 0 heterocycles. The molecule has 0 unspecified atom stereocenters.